The maximum atomic E-state index is 10.3. The average Bonchev–Trinajstić information content (AvgIpc) is 2.29. The Hall–Kier alpha value is -0.610. The Balaban J connectivity index is 2.08. The molecule has 1 aliphatic rings. The van der Waals surface area contributed by atoms with E-state index in [-0.39, 0.29) is 0 Å². The van der Waals surface area contributed by atoms with E-state index in [0.717, 1.165) is 52.0 Å². The van der Waals surface area contributed by atoms with Crippen molar-refractivity contribution < 1.29 is 14.6 Å². The molecule has 1 aliphatic heterocycles. The normalized spacial score (nSPS) is 22.2. The highest BCUT2D eigenvalue weighted by Gasteiger charge is 2.20. The molecule has 1 atom stereocenters. The molecule has 4 nitrogen and oxygen atoms in total. The van der Waals surface area contributed by atoms with E-state index in [2.05, 4.69) is 11.8 Å². The van der Waals surface area contributed by atoms with Gasteiger partial charge in [0.15, 0.2) is 0 Å². The van der Waals surface area contributed by atoms with Gasteiger partial charge in [0.2, 0.25) is 0 Å². The van der Waals surface area contributed by atoms with Crippen molar-refractivity contribution in [2.24, 2.45) is 0 Å². The van der Waals surface area contributed by atoms with Gasteiger partial charge in [0.1, 0.15) is 0 Å². The first-order valence-electron chi connectivity index (χ1n) is 6.27. The smallest absolute Gasteiger partial charge is 0.303 e. The van der Waals surface area contributed by atoms with Crippen molar-refractivity contribution in [3.63, 3.8) is 0 Å². The fraction of sp³-hybridized carbons (Fsp3) is 0.917. The van der Waals surface area contributed by atoms with Crippen LogP contribution in [-0.4, -0.2) is 48.3 Å². The lowest BCUT2D eigenvalue weighted by atomic mass is 10.1. The van der Waals surface area contributed by atoms with Crippen LogP contribution in [0.3, 0.4) is 0 Å². The van der Waals surface area contributed by atoms with Crippen molar-refractivity contribution in [2.45, 2.75) is 45.1 Å². The molecule has 0 amide bonds. The van der Waals surface area contributed by atoms with E-state index in [9.17, 15) is 4.79 Å². The van der Waals surface area contributed by atoms with Crippen LogP contribution < -0.4 is 0 Å². The summed E-state index contributed by atoms with van der Waals surface area (Å²) in [7, 11) is 0. The van der Waals surface area contributed by atoms with Crippen molar-refractivity contribution in [3.05, 3.63) is 0 Å². The number of unbranched alkanes of at least 4 members (excludes halogenated alkanes) is 2. The highest BCUT2D eigenvalue weighted by Crippen LogP contribution is 2.12. The second kappa shape index (κ2) is 7.63. The number of aliphatic carboxylic acids is 1. The molecule has 0 aliphatic carbocycles. The molecule has 1 fully saturated rings. The standard InChI is InChI=1S/C12H23NO3/c1-2-11-10-16-9-8-13(11)7-5-3-4-6-12(14)15/h11H,2-10H2,1H3,(H,14,15). The van der Waals surface area contributed by atoms with Crippen LogP contribution >= 0.6 is 0 Å². The van der Waals surface area contributed by atoms with Gasteiger partial charge in [-0.1, -0.05) is 13.3 Å². The third kappa shape index (κ3) is 4.94. The number of hydrogen-bond acceptors (Lipinski definition) is 3. The summed E-state index contributed by atoms with van der Waals surface area (Å²) in [6.45, 7) is 5.99. The molecule has 1 N–H and O–H groups in total. The SMILES string of the molecule is CCC1COCCN1CCCCCC(=O)O. The van der Waals surface area contributed by atoms with Gasteiger partial charge >= 0.3 is 5.97 Å². The van der Waals surface area contributed by atoms with Gasteiger partial charge in [-0.3, -0.25) is 9.69 Å². The maximum Gasteiger partial charge on any atom is 0.303 e. The van der Waals surface area contributed by atoms with Gasteiger partial charge in [-0.25, -0.2) is 0 Å². The molecule has 0 aromatic rings. The number of carboxylic acids is 1. The van der Waals surface area contributed by atoms with Crippen LogP contribution in [0.2, 0.25) is 0 Å². The molecule has 0 bridgehead atoms. The topological polar surface area (TPSA) is 49.8 Å². The van der Waals surface area contributed by atoms with E-state index < -0.39 is 5.97 Å². The molecular weight excluding hydrogens is 206 g/mol. The first-order chi connectivity index (χ1) is 7.74. The zero-order valence-electron chi connectivity index (χ0n) is 10.2. The van der Waals surface area contributed by atoms with Gasteiger partial charge in [0, 0.05) is 19.0 Å². The first-order valence-corrected chi connectivity index (χ1v) is 6.27. The molecule has 4 heteroatoms. The third-order valence-electron chi connectivity index (χ3n) is 3.16. The van der Waals surface area contributed by atoms with Crippen molar-refractivity contribution in [3.8, 4) is 0 Å². The van der Waals surface area contributed by atoms with Gasteiger partial charge in [-0.15, -0.1) is 0 Å². The highest BCUT2D eigenvalue weighted by atomic mass is 16.5. The van der Waals surface area contributed by atoms with E-state index in [1.54, 1.807) is 0 Å². The molecule has 94 valence electrons. The molecule has 1 heterocycles. The number of morpholine rings is 1. The molecule has 0 spiro atoms. The number of carboxylic acid groups (broad SMARTS) is 1. The zero-order chi connectivity index (χ0) is 11.8. The molecular formula is C12H23NO3. The maximum absolute atomic E-state index is 10.3. The van der Waals surface area contributed by atoms with Crippen molar-refractivity contribution in [1.29, 1.82) is 0 Å². The van der Waals surface area contributed by atoms with Crippen LogP contribution in [0.4, 0.5) is 0 Å². The Kier molecular flexibility index (Phi) is 6.42. The summed E-state index contributed by atoms with van der Waals surface area (Å²) < 4.78 is 5.44. The minimum atomic E-state index is -0.683. The molecule has 0 radical (unpaired) electrons. The lowest BCUT2D eigenvalue weighted by molar-refractivity contribution is -0.137. The van der Waals surface area contributed by atoms with Crippen LogP contribution in [0.1, 0.15) is 39.0 Å². The molecule has 1 unspecified atom stereocenters. The Morgan fingerprint density at radius 3 is 2.94 bits per heavy atom. The van der Waals surface area contributed by atoms with Gasteiger partial charge < -0.3 is 9.84 Å². The summed E-state index contributed by atoms with van der Waals surface area (Å²) in [5, 5.41) is 8.51. The van der Waals surface area contributed by atoms with E-state index in [0.29, 0.717) is 12.5 Å². The minimum Gasteiger partial charge on any atom is -0.481 e. The van der Waals surface area contributed by atoms with Gasteiger partial charge in [-0.05, 0) is 25.8 Å². The number of hydrogen-bond donors (Lipinski definition) is 1. The zero-order valence-corrected chi connectivity index (χ0v) is 10.2. The van der Waals surface area contributed by atoms with Crippen LogP contribution in [-0.2, 0) is 9.53 Å². The molecule has 0 saturated carbocycles. The lowest BCUT2D eigenvalue weighted by Gasteiger charge is -2.35. The summed E-state index contributed by atoms with van der Waals surface area (Å²) in [4.78, 5) is 12.8. The Morgan fingerprint density at radius 2 is 2.25 bits per heavy atom. The van der Waals surface area contributed by atoms with E-state index in [1.165, 1.54) is 0 Å². The summed E-state index contributed by atoms with van der Waals surface area (Å²) in [6.07, 6.45) is 4.36. The molecule has 0 aromatic carbocycles. The van der Waals surface area contributed by atoms with Crippen molar-refractivity contribution in [2.75, 3.05) is 26.3 Å². The number of ether oxygens (including phenoxy) is 1. The molecule has 1 saturated heterocycles. The van der Waals surface area contributed by atoms with Crippen LogP contribution in [0.15, 0.2) is 0 Å². The van der Waals surface area contributed by atoms with Crippen LogP contribution in [0.5, 0.6) is 0 Å². The van der Waals surface area contributed by atoms with Crippen molar-refractivity contribution >= 4 is 5.97 Å². The molecule has 16 heavy (non-hydrogen) atoms. The minimum absolute atomic E-state index is 0.306. The predicted octanol–water partition coefficient (Wildman–Crippen LogP) is 1.74. The Labute approximate surface area is 97.6 Å². The number of rotatable bonds is 7. The van der Waals surface area contributed by atoms with Gasteiger partial charge in [0.25, 0.3) is 0 Å². The number of carbonyl (C=O) groups is 1. The summed E-state index contributed by atoms with van der Waals surface area (Å²) >= 11 is 0. The summed E-state index contributed by atoms with van der Waals surface area (Å²) in [5.74, 6) is -0.683. The lowest BCUT2D eigenvalue weighted by Crippen LogP contribution is -2.45. The first kappa shape index (κ1) is 13.5. The van der Waals surface area contributed by atoms with Crippen LogP contribution in [0, 0.1) is 0 Å². The van der Waals surface area contributed by atoms with E-state index in [4.69, 9.17) is 9.84 Å². The third-order valence-corrected chi connectivity index (χ3v) is 3.16. The predicted molar refractivity (Wildman–Crippen MR) is 62.6 cm³/mol. The average molecular weight is 229 g/mol. The van der Waals surface area contributed by atoms with E-state index in [1.807, 2.05) is 0 Å². The van der Waals surface area contributed by atoms with Gasteiger partial charge in [-0.2, -0.15) is 0 Å². The highest BCUT2D eigenvalue weighted by molar-refractivity contribution is 5.66. The monoisotopic (exact) mass is 229 g/mol. The molecule has 0 aromatic heterocycles. The largest absolute Gasteiger partial charge is 0.481 e. The fourth-order valence-corrected chi connectivity index (χ4v) is 2.13. The second-order valence-electron chi connectivity index (χ2n) is 4.38. The quantitative estimate of drug-likeness (QED) is 0.676. The second-order valence-corrected chi connectivity index (χ2v) is 4.38. The van der Waals surface area contributed by atoms with Crippen molar-refractivity contribution in [1.82, 2.24) is 4.90 Å². The Bertz CT molecular complexity index is 208. The molecule has 1 rings (SSSR count). The number of nitrogens with zero attached hydrogens (tertiary/aromatic N) is 1. The summed E-state index contributed by atoms with van der Waals surface area (Å²) in [6, 6.07) is 0.563. The van der Waals surface area contributed by atoms with Crippen LogP contribution in [0.25, 0.3) is 0 Å². The summed E-state index contributed by atoms with van der Waals surface area (Å²) in [5.41, 5.74) is 0. The fourth-order valence-electron chi connectivity index (χ4n) is 2.13. The Morgan fingerprint density at radius 1 is 1.44 bits per heavy atom. The van der Waals surface area contributed by atoms with Gasteiger partial charge in [0.05, 0.1) is 13.2 Å². The van der Waals surface area contributed by atoms with E-state index >= 15 is 0 Å².